The van der Waals surface area contributed by atoms with Crippen LogP contribution in [0.15, 0.2) is 17.0 Å². The van der Waals surface area contributed by atoms with Gasteiger partial charge in [0.05, 0.1) is 4.90 Å². The fourth-order valence-corrected chi connectivity index (χ4v) is 2.82. The molecule has 1 fully saturated rings. The van der Waals surface area contributed by atoms with Crippen molar-refractivity contribution in [1.82, 2.24) is 0 Å². The molecule has 0 spiro atoms. The van der Waals surface area contributed by atoms with Crippen LogP contribution in [0.5, 0.6) is 5.75 Å². The van der Waals surface area contributed by atoms with Gasteiger partial charge >= 0.3 is 0 Å². The lowest BCUT2D eigenvalue weighted by atomic mass is 10.0. The standard InChI is InChI=1S/C11H15NO3S/c1-7-5-10(16(2,14)15)8(6-9(7)13)11(12)3-4-11/h5-6,13H,3-4,12H2,1-2H3. The molecule has 4 nitrogen and oxygen atoms in total. The second kappa shape index (κ2) is 3.21. The van der Waals surface area contributed by atoms with E-state index in [2.05, 4.69) is 0 Å². The minimum absolute atomic E-state index is 0.0964. The Morgan fingerprint density at radius 2 is 1.94 bits per heavy atom. The van der Waals surface area contributed by atoms with Crippen molar-refractivity contribution in [2.24, 2.45) is 5.73 Å². The van der Waals surface area contributed by atoms with Gasteiger partial charge < -0.3 is 10.8 Å². The van der Waals surface area contributed by atoms with Gasteiger partial charge in [-0.25, -0.2) is 8.42 Å². The number of aryl methyl sites for hydroxylation is 1. The third-order valence-electron chi connectivity index (χ3n) is 3.02. The first-order chi connectivity index (χ1) is 7.24. The molecule has 5 heteroatoms. The second-order valence-electron chi connectivity index (χ2n) is 4.56. The summed E-state index contributed by atoms with van der Waals surface area (Å²) in [7, 11) is -3.31. The lowest BCUT2D eigenvalue weighted by molar-refractivity contribution is 0.468. The van der Waals surface area contributed by atoms with Gasteiger partial charge in [-0.1, -0.05) is 0 Å². The Balaban J connectivity index is 2.71. The van der Waals surface area contributed by atoms with Crippen molar-refractivity contribution in [2.75, 3.05) is 6.26 Å². The zero-order valence-corrected chi connectivity index (χ0v) is 10.1. The molecule has 0 aliphatic heterocycles. The van der Waals surface area contributed by atoms with Gasteiger partial charge in [0.15, 0.2) is 9.84 Å². The van der Waals surface area contributed by atoms with Crippen LogP contribution in [-0.4, -0.2) is 19.8 Å². The van der Waals surface area contributed by atoms with Crippen molar-refractivity contribution in [3.05, 3.63) is 23.3 Å². The summed E-state index contributed by atoms with van der Waals surface area (Å²) in [6.45, 7) is 1.67. The van der Waals surface area contributed by atoms with Crippen LogP contribution in [0.2, 0.25) is 0 Å². The van der Waals surface area contributed by atoms with Crippen LogP contribution in [0.1, 0.15) is 24.0 Å². The summed E-state index contributed by atoms with van der Waals surface area (Å²) in [5, 5.41) is 9.63. The van der Waals surface area contributed by atoms with E-state index < -0.39 is 15.4 Å². The molecule has 0 atom stereocenters. The Kier molecular flexibility index (Phi) is 2.29. The predicted octanol–water partition coefficient (Wildman–Crippen LogP) is 1.05. The summed E-state index contributed by atoms with van der Waals surface area (Å²) in [6, 6.07) is 2.98. The van der Waals surface area contributed by atoms with Crippen LogP contribution in [0.3, 0.4) is 0 Å². The van der Waals surface area contributed by atoms with Gasteiger partial charge in [0.25, 0.3) is 0 Å². The first-order valence-corrected chi connectivity index (χ1v) is 6.96. The highest BCUT2D eigenvalue weighted by atomic mass is 32.2. The molecular weight excluding hydrogens is 226 g/mol. The second-order valence-corrected chi connectivity index (χ2v) is 6.55. The minimum Gasteiger partial charge on any atom is -0.508 e. The molecule has 0 aromatic heterocycles. The molecule has 1 aromatic carbocycles. The highest BCUT2D eigenvalue weighted by molar-refractivity contribution is 7.90. The molecule has 1 aliphatic carbocycles. The molecule has 0 radical (unpaired) electrons. The summed E-state index contributed by atoms with van der Waals surface area (Å²) in [6.07, 6.45) is 2.68. The number of hydrogen-bond donors (Lipinski definition) is 2. The van der Waals surface area contributed by atoms with Crippen LogP contribution < -0.4 is 5.73 Å². The van der Waals surface area contributed by atoms with Gasteiger partial charge in [-0.15, -0.1) is 0 Å². The van der Waals surface area contributed by atoms with E-state index in [1.807, 2.05) is 0 Å². The van der Waals surface area contributed by atoms with Crippen molar-refractivity contribution in [3.63, 3.8) is 0 Å². The maximum Gasteiger partial charge on any atom is 0.175 e. The molecule has 0 saturated heterocycles. The normalized spacial score (nSPS) is 18.4. The molecule has 1 aromatic rings. The Morgan fingerprint density at radius 3 is 2.38 bits per heavy atom. The van der Waals surface area contributed by atoms with Crippen molar-refractivity contribution >= 4 is 9.84 Å². The average Bonchev–Trinajstić information content (AvgIpc) is 2.87. The van der Waals surface area contributed by atoms with Crippen molar-refractivity contribution < 1.29 is 13.5 Å². The van der Waals surface area contributed by atoms with Crippen LogP contribution in [0.4, 0.5) is 0 Å². The van der Waals surface area contributed by atoms with E-state index in [-0.39, 0.29) is 10.6 Å². The molecule has 0 bridgehead atoms. The lowest BCUT2D eigenvalue weighted by Crippen LogP contribution is -2.22. The zero-order chi connectivity index (χ0) is 12.1. The van der Waals surface area contributed by atoms with Crippen molar-refractivity contribution in [2.45, 2.75) is 30.2 Å². The maximum atomic E-state index is 11.7. The van der Waals surface area contributed by atoms with Crippen LogP contribution >= 0.6 is 0 Å². The fraction of sp³-hybridized carbons (Fsp3) is 0.455. The molecular formula is C11H15NO3S. The number of hydrogen-bond acceptors (Lipinski definition) is 4. The summed E-state index contributed by atoms with van der Waals surface area (Å²) in [5.74, 6) is 0.0964. The number of benzene rings is 1. The summed E-state index contributed by atoms with van der Waals surface area (Å²) in [5.41, 5.74) is 6.53. The van der Waals surface area contributed by atoms with Gasteiger partial charge in [0.2, 0.25) is 0 Å². The fourth-order valence-electron chi connectivity index (χ4n) is 1.77. The Labute approximate surface area is 95.0 Å². The first-order valence-electron chi connectivity index (χ1n) is 5.07. The van der Waals surface area contributed by atoms with Crippen molar-refractivity contribution in [1.29, 1.82) is 0 Å². The van der Waals surface area contributed by atoms with E-state index in [4.69, 9.17) is 5.73 Å². The topological polar surface area (TPSA) is 80.4 Å². The summed E-state index contributed by atoms with van der Waals surface area (Å²) < 4.78 is 23.3. The van der Waals surface area contributed by atoms with E-state index >= 15 is 0 Å². The predicted molar refractivity (Wildman–Crippen MR) is 61.1 cm³/mol. The number of phenols is 1. The monoisotopic (exact) mass is 241 g/mol. The minimum atomic E-state index is -3.31. The Hall–Kier alpha value is -1.07. The zero-order valence-electron chi connectivity index (χ0n) is 9.32. The van der Waals surface area contributed by atoms with Gasteiger partial charge in [0.1, 0.15) is 5.75 Å². The number of rotatable bonds is 2. The Morgan fingerprint density at radius 1 is 1.38 bits per heavy atom. The third kappa shape index (κ3) is 1.81. The van der Waals surface area contributed by atoms with E-state index in [1.165, 1.54) is 12.1 Å². The molecule has 0 heterocycles. The van der Waals surface area contributed by atoms with E-state index in [9.17, 15) is 13.5 Å². The van der Waals surface area contributed by atoms with Crippen LogP contribution in [-0.2, 0) is 15.4 Å². The number of nitrogens with two attached hydrogens (primary N) is 1. The molecule has 2 rings (SSSR count). The average molecular weight is 241 g/mol. The van der Waals surface area contributed by atoms with E-state index in [1.54, 1.807) is 6.92 Å². The molecule has 0 unspecified atom stereocenters. The molecule has 0 amide bonds. The summed E-state index contributed by atoms with van der Waals surface area (Å²) >= 11 is 0. The molecule has 1 aliphatic rings. The van der Waals surface area contributed by atoms with Crippen LogP contribution in [0.25, 0.3) is 0 Å². The van der Waals surface area contributed by atoms with Crippen LogP contribution in [0, 0.1) is 6.92 Å². The first kappa shape index (κ1) is 11.4. The molecule has 16 heavy (non-hydrogen) atoms. The molecule has 1 saturated carbocycles. The molecule has 3 N–H and O–H groups in total. The Bertz CT molecular complexity index is 545. The summed E-state index contributed by atoms with van der Waals surface area (Å²) in [4.78, 5) is 0.239. The van der Waals surface area contributed by atoms with Crippen molar-refractivity contribution in [3.8, 4) is 5.75 Å². The lowest BCUT2D eigenvalue weighted by Gasteiger charge is -2.15. The maximum absolute atomic E-state index is 11.7. The smallest absolute Gasteiger partial charge is 0.175 e. The van der Waals surface area contributed by atoms with Gasteiger partial charge in [-0.05, 0) is 43.0 Å². The van der Waals surface area contributed by atoms with Gasteiger partial charge in [-0.3, -0.25) is 0 Å². The van der Waals surface area contributed by atoms with Gasteiger partial charge in [-0.2, -0.15) is 0 Å². The van der Waals surface area contributed by atoms with E-state index in [0.717, 1.165) is 19.1 Å². The number of aromatic hydroxyl groups is 1. The SMILES string of the molecule is Cc1cc(S(C)(=O)=O)c(C2(N)CC2)cc1O. The third-order valence-corrected chi connectivity index (χ3v) is 4.16. The van der Waals surface area contributed by atoms with E-state index in [0.29, 0.717) is 11.1 Å². The largest absolute Gasteiger partial charge is 0.508 e. The number of sulfone groups is 1. The van der Waals surface area contributed by atoms with Gasteiger partial charge in [0, 0.05) is 11.8 Å². The number of phenolic OH excluding ortho intramolecular Hbond substituents is 1. The molecule has 88 valence electrons. The highest BCUT2D eigenvalue weighted by Gasteiger charge is 2.43. The highest BCUT2D eigenvalue weighted by Crippen LogP contribution is 2.46. The quantitative estimate of drug-likeness (QED) is 0.811.